The first-order valence-corrected chi connectivity index (χ1v) is 9.87. The van der Waals surface area contributed by atoms with Gasteiger partial charge in [0.05, 0.1) is 27.2 Å². The van der Waals surface area contributed by atoms with Crippen LogP contribution in [0.25, 0.3) is 0 Å². The van der Waals surface area contributed by atoms with Gasteiger partial charge < -0.3 is 9.38 Å². The monoisotopic (exact) mass is 338 g/mol. The van der Waals surface area contributed by atoms with Crippen molar-refractivity contribution in [3.8, 4) is 0 Å². The fraction of sp³-hybridized carbons (Fsp3) is 1.00. The van der Waals surface area contributed by atoms with E-state index < -0.39 is 7.82 Å². The first kappa shape index (κ1) is 22.1. The van der Waals surface area contributed by atoms with Crippen molar-refractivity contribution >= 4 is 7.82 Å². The van der Waals surface area contributed by atoms with Gasteiger partial charge in [0.25, 0.3) is 0 Å². The van der Waals surface area contributed by atoms with E-state index in [9.17, 15) is 9.46 Å². The van der Waals surface area contributed by atoms with Crippen LogP contribution < -0.4 is 0 Å². The molecule has 0 aromatic carbocycles. The summed E-state index contributed by atoms with van der Waals surface area (Å²) in [5.74, 6) is 1.12. The van der Waals surface area contributed by atoms with Crippen LogP contribution in [0.15, 0.2) is 0 Å². The number of nitrogens with zero attached hydrogens (tertiary/aromatic N) is 1. The zero-order chi connectivity index (χ0) is 17.4. The number of quaternary nitrogens is 1. The maximum atomic E-state index is 12.1. The first-order valence-electron chi connectivity index (χ1n) is 8.37. The third kappa shape index (κ3) is 13.7. The average molecular weight is 338 g/mol. The Kier molecular flexibility index (Phi) is 10.1. The van der Waals surface area contributed by atoms with Crippen molar-refractivity contribution in [1.82, 2.24) is 0 Å². The topological polar surface area (TPSA) is 55.8 Å². The Balaban J connectivity index is 4.42. The summed E-state index contributed by atoms with van der Waals surface area (Å²) in [4.78, 5) is 9.92. The minimum Gasteiger partial charge on any atom is -0.329 e. The highest BCUT2D eigenvalue weighted by atomic mass is 31.2. The molecule has 0 fully saturated rings. The standard InChI is InChI=1S/C16H36NO4P/c1-14(2)8-10-16(11-9-15(3)4)21-22(18,19)20-13-12-17(5,6)7/h14-16H,8-13H2,1-7H3/p+1. The zero-order valence-electron chi connectivity index (χ0n) is 15.5. The van der Waals surface area contributed by atoms with Crippen LogP contribution >= 0.6 is 7.82 Å². The summed E-state index contributed by atoms with van der Waals surface area (Å²) in [5, 5.41) is 0. The van der Waals surface area contributed by atoms with Crippen LogP contribution in [-0.2, 0) is 13.6 Å². The Labute approximate surface area is 137 Å². The van der Waals surface area contributed by atoms with E-state index in [4.69, 9.17) is 9.05 Å². The molecule has 0 aliphatic rings. The normalized spacial score (nSPS) is 15.8. The van der Waals surface area contributed by atoms with Crippen molar-refractivity contribution in [3.05, 3.63) is 0 Å². The smallest absolute Gasteiger partial charge is 0.329 e. The van der Waals surface area contributed by atoms with E-state index in [0.717, 1.165) is 25.7 Å². The molecule has 22 heavy (non-hydrogen) atoms. The fourth-order valence-corrected chi connectivity index (χ4v) is 2.90. The molecule has 5 nitrogen and oxygen atoms in total. The number of phosphoric ester groups is 1. The molecule has 6 heteroatoms. The minimum absolute atomic E-state index is 0.204. The number of rotatable bonds is 12. The summed E-state index contributed by atoms with van der Waals surface area (Å²) in [6.45, 7) is 9.48. The van der Waals surface area contributed by atoms with E-state index in [0.29, 0.717) is 22.9 Å². The van der Waals surface area contributed by atoms with Crippen molar-refractivity contribution < 1.29 is 23.0 Å². The van der Waals surface area contributed by atoms with Gasteiger partial charge in [-0.2, -0.15) is 0 Å². The highest BCUT2D eigenvalue weighted by Crippen LogP contribution is 2.46. The quantitative estimate of drug-likeness (QED) is 0.430. The maximum absolute atomic E-state index is 12.1. The second kappa shape index (κ2) is 10.0. The lowest BCUT2D eigenvalue weighted by molar-refractivity contribution is -0.870. The number of phosphoric acid groups is 1. The largest absolute Gasteiger partial charge is 0.472 e. The molecule has 0 heterocycles. The van der Waals surface area contributed by atoms with Crippen LogP contribution in [0.4, 0.5) is 0 Å². The molecule has 0 saturated heterocycles. The number of hydrogen-bond acceptors (Lipinski definition) is 3. The summed E-state index contributed by atoms with van der Waals surface area (Å²) in [5.41, 5.74) is 0. The Morgan fingerprint density at radius 1 is 0.955 bits per heavy atom. The summed E-state index contributed by atoms with van der Waals surface area (Å²) in [6.07, 6.45) is 3.37. The van der Waals surface area contributed by atoms with E-state index in [1.54, 1.807) is 0 Å². The molecule has 1 unspecified atom stereocenters. The molecule has 0 spiro atoms. The van der Waals surface area contributed by atoms with Crippen LogP contribution in [-0.4, -0.2) is 49.8 Å². The van der Waals surface area contributed by atoms with Gasteiger partial charge in [0.2, 0.25) is 0 Å². The van der Waals surface area contributed by atoms with Crippen molar-refractivity contribution in [2.24, 2.45) is 11.8 Å². The predicted octanol–water partition coefficient (Wildman–Crippen LogP) is 4.07. The molecule has 134 valence electrons. The van der Waals surface area contributed by atoms with Gasteiger partial charge in [0, 0.05) is 0 Å². The molecule has 0 aliphatic carbocycles. The van der Waals surface area contributed by atoms with Gasteiger partial charge in [-0.15, -0.1) is 0 Å². The summed E-state index contributed by atoms with van der Waals surface area (Å²) >= 11 is 0. The molecule has 0 rings (SSSR count). The van der Waals surface area contributed by atoms with Gasteiger partial charge in [-0.3, -0.25) is 9.05 Å². The Hall–Kier alpha value is 0.0700. The molecule has 0 radical (unpaired) electrons. The summed E-state index contributed by atoms with van der Waals surface area (Å²) < 4.78 is 23.3. The van der Waals surface area contributed by atoms with Crippen molar-refractivity contribution in [2.45, 2.75) is 59.5 Å². The van der Waals surface area contributed by atoms with Gasteiger partial charge >= 0.3 is 7.82 Å². The van der Waals surface area contributed by atoms with E-state index in [-0.39, 0.29) is 12.7 Å². The summed E-state index contributed by atoms with van der Waals surface area (Å²) in [7, 11) is 2.08. The first-order chi connectivity index (χ1) is 9.91. The van der Waals surface area contributed by atoms with Crippen LogP contribution in [0.1, 0.15) is 53.4 Å². The highest BCUT2D eigenvalue weighted by molar-refractivity contribution is 7.47. The molecule has 0 aromatic rings. The second-order valence-electron chi connectivity index (χ2n) is 7.99. The molecular weight excluding hydrogens is 301 g/mol. The maximum Gasteiger partial charge on any atom is 0.472 e. The van der Waals surface area contributed by atoms with Gasteiger partial charge in [-0.1, -0.05) is 27.7 Å². The van der Waals surface area contributed by atoms with Gasteiger partial charge in [-0.05, 0) is 37.5 Å². The van der Waals surface area contributed by atoms with Crippen molar-refractivity contribution in [1.29, 1.82) is 0 Å². The van der Waals surface area contributed by atoms with Gasteiger partial charge in [0.15, 0.2) is 0 Å². The second-order valence-corrected chi connectivity index (χ2v) is 9.39. The Bertz CT molecular complexity index is 328. The molecule has 1 N–H and O–H groups in total. The van der Waals surface area contributed by atoms with E-state index >= 15 is 0 Å². The SMILES string of the molecule is CC(C)CCC(CCC(C)C)OP(=O)(O)OCC[N+](C)(C)C. The minimum atomic E-state index is -3.96. The molecule has 0 amide bonds. The third-order valence-corrected chi connectivity index (χ3v) is 4.50. The fourth-order valence-electron chi connectivity index (χ4n) is 1.94. The Morgan fingerprint density at radius 3 is 1.77 bits per heavy atom. The third-order valence-electron chi connectivity index (χ3n) is 3.43. The van der Waals surface area contributed by atoms with Gasteiger partial charge in [0.1, 0.15) is 13.2 Å². The Morgan fingerprint density at radius 2 is 1.41 bits per heavy atom. The number of hydrogen-bond donors (Lipinski definition) is 1. The molecule has 0 aliphatic heterocycles. The van der Waals surface area contributed by atoms with Crippen molar-refractivity contribution in [3.63, 3.8) is 0 Å². The van der Waals surface area contributed by atoms with E-state index in [1.807, 2.05) is 21.1 Å². The van der Waals surface area contributed by atoms with Gasteiger partial charge in [-0.25, -0.2) is 4.57 Å². The zero-order valence-corrected chi connectivity index (χ0v) is 16.4. The van der Waals surface area contributed by atoms with Crippen LogP contribution in [0.2, 0.25) is 0 Å². The van der Waals surface area contributed by atoms with E-state index in [2.05, 4.69) is 27.7 Å². The van der Waals surface area contributed by atoms with E-state index in [1.165, 1.54) is 0 Å². The summed E-state index contributed by atoms with van der Waals surface area (Å²) in [6, 6.07) is 0. The molecular formula is C16H37NO4P+. The molecule has 0 bridgehead atoms. The average Bonchev–Trinajstić information content (AvgIpc) is 2.30. The lowest BCUT2D eigenvalue weighted by atomic mass is 9.99. The van der Waals surface area contributed by atoms with Crippen LogP contribution in [0, 0.1) is 11.8 Å². The lowest BCUT2D eigenvalue weighted by Crippen LogP contribution is -2.37. The van der Waals surface area contributed by atoms with Crippen LogP contribution in [0.3, 0.4) is 0 Å². The van der Waals surface area contributed by atoms with Crippen molar-refractivity contribution in [2.75, 3.05) is 34.3 Å². The lowest BCUT2D eigenvalue weighted by Gasteiger charge is -2.25. The predicted molar refractivity (Wildman–Crippen MR) is 91.7 cm³/mol. The molecule has 1 atom stereocenters. The highest BCUT2D eigenvalue weighted by Gasteiger charge is 2.27. The van der Waals surface area contributed by atoms with Crippen LogP contribution in [0.5, 0.6) is 0 Å². The molecule has 0 saturated carbocycles. The number of likely N-dealkylation sites (N-methyl/N-ethyl adjacent to an activating group) is 1. The molecule has 0 aromatic heterocycles.